The van der Waals surface area contributed by atoms with Crippen LogP contribution in [0.1, 0.15) is 47.0 Å². The number of benzene rings is 1. The molecule has 0 saturated heterocycles. The van der Waals surface area contributed by atoms with E-state index < -0.39 is 17.2 Å². The average Bonchev–Trinajstić information content (AvgIpc) is 3.41. The van der Waals surface area contributed by atoms with Crippen molar-refractivity contribution in [3.63, 3.8) is 0 Å². The minimum absolute atomic E-state index is 0.186. The van der Waals surface area contributed by atoms with E-state index in [1.54, 1.807) is 31.4 Å². The molecule has 0 radical (unpaired) electrons. The van der Waals surface area contributed by atoms with Crippen LogP contribution in [-0.4, -0.2) is 36.6 Å². The van der Waals surface area contributed by atoms with E-state index in [1.165, 1.54) is 23.1 Å². The number of thiophene rings is 1. The zero-order chi connectivity index (χ0) is 24.2. The fraction of sp³-hybridized carbons (Fsp3) is 0.391. The summed E-state index contributed by atoms with van der Waals surface area (Å²) in [4.78, 5) is 26.8. The average molecular weight is 504 g/mol. The Morgan fingerprint density at radius 1 is 1.26 bits per heavy atom. The first kappa shape index (κ1) is 24.1. The first-order valence-corrected chi connectivity index (χ1v) is 12.6. The van der Waals surface area contributed by atoms with Crippen molar-refractivity contribution < 1.29 is 33.4 Å². The second-order valence-electron chi connectivity index (χ2n) is 7.69. The van der Waals surface area contributed by atoms with Crippen LogP contribution in [0.5, 0.6) is 11.7 Å². The molecule has 1 N–H and O–H groups in total. The van der Waals surface area contributed by atoms with Crippen LogP contribution < -0.4 is 19.8 Å². The van der Waals surface area contributed by atoms with Crippen LogP contribution in [-0.2, 0) is 22.4 Å². The molecule has 1 aliphatic rings. The lowest BCUT2D eigenvalue weighted by Crippen LogP contribution is -2.36. The number of amides is 1. The lowest BCUT2D eigenvalue weighted by Gasteiger charge is -2.14. The quantitative estimate of drug-likeness (QED) is 0.283. The van der Waals surface area contributed by atoms with Crippen LogP contribution in [0.2, 0.25) is 0 Å². The number of thioether (sulfide) groups is 1. The first-order chi connectivity index (χ1) is 16.5. The second-order valence-corrected chi connectivity index (χ2v) is 9.98. The molecule has 11 heteroatoms. The van der Waals surface area contributed by atoms with Gasteiger partial charge in [-0.3, -0.25) is 4.79 Å². The van der Waals surface area contributed by atoms with Crippen molar-refractivity contribution in [1.29, 1.82) is 0 Å². The van der Waals surface area contributed by atoms with Gasteiger partial charge < -0.3 is 24.4 Å². The van der Waals surface area contributed by atoms with Crippen molar-refractivity contribution in [3.05, 3.63) is 40.3 Å². The van der Waals surface area contributed by atoms with Gasteiger partial charge in [-0.05, 0) is 66.2 Å². The largest absolute Gasteiger partial charge is 0.538 e. The molecule has 2 heterocycles. The van der Waals surface area contributed by atoms with Gasteiger partial charge in [-0.25, -0.2) is 4.79 Å². The number of nitrogens with one attached hydrogen (secondary N) is 1. The van der Waals surface area contributed by atoms with Crippen LogP contribution in [0.3, 0.4) is 0 Å². The molecule has 1 unspecified atom stereocenters. The van der Waals surface area contributed by atoms with Gasteiger partial charge in [0.15, 0.2) is 5.95 Å². The predicted molar refractivity (Wildman–Crippen MR) is 125 cm³/mol. The SMILES string of the molecule is CCC(Sc1c([O-])on[n+]1-c1ccc(OC)cc1)C(=O)Nc1sc2c(c1C(=O)OC)CCCC2. The summed E-state index contributed by atoms with van der Waals surface area (Å²) in [6.07, 6.45) is 4.18. The summed E-state index contributed by atoms with van der Waals surface area (Å²) < 4.78 is 16.4. The molecule has 34 heavy (non-hydrogen) atoms. The number of methoxy groups -OCH3 is 2. The van der Waals surface area contributed by atoms with Crippen molar-refractivity contribution in [2.24, 2.45) is 0 Å². The predicted octanol–water partition coefficient (Wildman–Crippen LogP) is 3.27. The minimum atomic E-state index is -0.631. The van der Waals surface area contributed by atoms with E-state index in [4.69, 9.17) is 14.0 Å². The normalized spacial score (nSPS) is 13.7. The summed E-state index contributed by atoms with van der Waals surface area (Å²) in [5.41, 5.74) is 2.01. The molecular weight excluding hydrogens is 478 g/mol. The molecule has 1 amide bonds. The van der Waals surface area contributed by atoms with E-state index >= 15 is 0 Å². The fourth-order valence-corrected chi connectivity index (χ4v) is 6.10. The molecule has 0 fully saturated rings. The molecule has 3 aromatic rings. The van der Waals surface area contributed by atoms with Gasteiger partial charge in [0, 0.05) is 17.0 Å². The summed E-state index contributed by atoms with van der Waals surface area (Å²) >= 11 is 2.50. The van der Waals surface area contributed by atoms with E-state index in [0.29, 0.717) is 28.4 Å². The van der Waals surface area contributed by atoms with Gasteiger partial charge in [0.2, 0.25) is 11.6 Å². The standard InChI is InChI=1S/C23H25N3O6S2/c1-4-16(34-21-23(29)32-25-26(21)13-9-11-14(30-2)12-10-13)19(27)24-20-18(22(28)31-3)15-7-5-6-8-17(15)33-20/h9-12,16H,4-8H2,1-3H3,(H-,24,25,27,28,29). The van der Waals surface area contributed by atoms with Crippen LogP contribution in [0, 0.1) is 0 Å². The number of esters is 1. The Morgan fingerprint density at radius 3 is 2.68 bits per heavy atom. The van der Waals surface area contributed by atoms with E-state index in [-0.39, 0.29) is 10.9 Å². The van der Waals surface area contributed by atoms with Crippen molar-refractivity contribution in [2.75, 3.05) is 19.5 Å². The number of anilines is 1. The molecule has 180 valence electrons. The monoisotopic (exact) mass is 503 g/mol. The molecule has 1 aliphatic carbocycles. The number of fused-ring (bicyclic) bond motifs is 1. The Morgan fingerprint density at radius 2 is 2.00 bits per heavy atom. The maximum Gasteiger partial charge on any atom is 0.341 e. The van der Waals surface area contributed by atoms with E-state index in [2.05, 4.69) is 10.6 Å². The molecular formula is C23H25N3O6S2. The third-order valence-electron chi connectivity index (χ3n) is 5.60. The highest BCUT2D eigenvalue weighted by atomic mass is 32.2. The third kappa shape index (κ3) is 4.76. The summed E-state index contributed by atoms with van der Waals surface area (Å²) in [5, 5.41) is 19.2. The van der Waals surface area contributed by atoms with Crippen LogP contribution in [0.15, 0.2) is 33.8 Å². The molecule has 0 bridgehead atoms. The molecule has 1 aromatic carbocycles. The number of carbonyl (C=O) groups is 2. The van der Waals surface area contributed by atoms with Crippen molar-refractivity contribution in [3.8, 4) is 17.4 Å². The van der Waals surface area contributed by atoms with Gasteiger partial charge in [-0.15, -0.1) is 11.3 Å². The third-order valence-corrected chi connectivity index (χ3v) is 8.21. The highest BCUT2D eigenvalue weighted by Gasteiger charge is 2.31. The number of aryl methyl sites for hydroxylation is 1. The summed E-state index contributed by atoms with van der Waals surface area (Å²) in [6.45, 7) is 1.85. The fourth-order valence-electron chi connectivity index (χ4n) is 3.85. The number of ether oxygens (including phenoxy) is 2. The second kappa shape index (κ2) is 10.5. The summed E-state index contributed by atoms with van der Waals surface area (Å²) in [5.74, 6) is -0.726. The molecule has 2 aromatic heterocycles. The van der Waals surface area contributed by atoms with Crippen LogP contribution >= 0.6 is 23.1 Å². The van der Waals surface area contributed by atoms with Crippen molar-refractivity contribution in [1.82, 2.24) is 5.27 Å². The topological polar surface area (TPSA) is 118 Å². The van der Waals surface area contributed by atoms with Crippen molar-refractivity contribution >= 4 is 40.0 Å². The first-order valence-electron chi connectivity index (χ1n) is 10.9. The highest BCUT2D eigenvalue weighted by molar-refractivity contribution is 8.00. The lowest BCUT2D eigenvalue weighted by molar-refractivity contribution is -0.705. The van der Waals surface area contributed by atoms with Gasteiger partial charge >= 0.3 is 5.97 Å². The molecule has 9 nitrogen and oxygen atoms in total. The zero-order valence-electron chi connectivity index (χ0n) is 19.1. The Hall–Kier alpha value is -3.05. The van der Waals surface area contributed by atoms with Crippen molar-refractivity contribution in [2.45, 2.75) is 49.3 Å². The zero-order valence-corrected chi connectivity index (χ0v) is 20.7. The van der Waals surface area contributed by atoms with Gasteiger partial charge in [0.1, 0.15) is 10.8 Å². The maximum absolute atomic E-state index is 13.2. The maximum atomic E-state index is 13.2. The number of hydrogen-bond donors (Lipinski definition) is 1. The van der Waals surface area contributed by atoms with E-state index in [0.717, 1.165) is 47.9 Å². The Kier molecular flexibility index (Phi) is 7.42. The number of rotatable bonds is 8. The molecule has 4 rings (SSSR count). The van der Waals surface area contributed by atoms with E-state index in [1.807, 2.05) is 6.92 Å². The smallest absolute Gasteiger partial charge is 0.341 e. The van der Waals surface area contributed by atoms with Gasteiger partial charge in [0.25, 0.3) is 5.03 Å². The molecule has 0 saturated carbocycles. The molecule has 0 spiro atoms. The molecule has 1 atom stereocenters. The van der Waals surface area contributed by atoms with Gasteiger partial charge in [-0.2, -0.15) is 0 Å². The number of aromatic nitrogens is 2. The lowest BCUT2D eigenvalue weighted by atomic mass is 9.95. The van der Waals surface area contributed by atoms with Crippen LogP contribution in [0.25, 0.3) is 5.69 Å². The van der Waals surface area contributed by atoms with Crippen LogP contribution in [0.4, 0.5) is 5.00 Å². The summed E-state index contributed by atoms with van der Waals surface area (Å²) in [7, 11) is 2.90. The number of hydrogen-bond acceptors (Lipinski definition) is 9. The highest BCUT2D eigenvalue weighted by Crippen LogP contribution is 2.39. The van der Waals surface area contributed by atoms with Gasteiger partial charge in [0.05, 0.1) is 30.3 Å². The Labute approximate surface area is 205 Å². The van der Waals surface area contributed by atoms with E-state index in [9.17, 15) is 14.7 Å². The Bertz CT molecular complexity index is 1190. The number of nitrogens with zero attached hydrogens (tertiary/aromatic N) is 2. The Balaban J connectivity index is 1.58. The minimum Gasteiger partial charge on any atom is -0.538 e. The molecule has 0 aliphatic heterocycles. The van der Waals surface area contributed by atoms with Gasteiger partial charge in [-0.1, -0.05) is 6.92 Å². The number of carbonyl (C=O) groups excluding carboxylic acids is 2. The summed E-state index contributed by atoms with van der Waals surface area (Å²) in [6, 6.07) is 6.97.